The number of benzene rings is 1. The highest BCUT2D eigenvalue weighted by Gasteiger charge is 2.11. The summed E-state index contributed by atoms with van der Waals surface area (Å²) in [4.78, 5) is 0. The van der Waals surface area contributed by atoms with E-state index < -0.39 is 0 Å². The van der Waals surface area contributed by atoms with Crippen molar-refractivity contribution in [1.29, 1.82) is 0 Å². The summed E-state index contributed by atoms with van der Waals surface area (Å²) >= 11 is 1.77. The molecule has 0 fully saturated rings. The molecule has 3 heteroatoms. The molecule has 0 spiro atoms. The Bertz CT molecular complexity index is 711. The van der Waals surface area contributed by atoms with Gasteiger partial charge in [-0.2, -0.15) is 11.3 Å². The summed E-state index contributed by atoms with van der Waals surface area (Å²) < 4.78 is 5.92. The zero-order valence-electron chi connectivity index (χ0n) is 11.9. The molecule has 0 amide bonds. The lowest BCUT2D eigenvalue weighted by Crippen LogP contribution is -2.13. The number of para-hydroxylation sites is 1. The third-order valence-electron chi connectivity index (χ3n) is 3.68. The van der Waals surface area contributed by atoms with E-state index in [4.69, 9.17) is 4.42 Å². The lowest BCUT2D eigenvalue weighted by molar-refractivity contribution is 0.544. The predicted molar refractivity (Wildman–Crippen MR) is 85.2 cm³/mol. The first kappa shape index (κ1) is 13.4. The minimum atomic E-state index is 0.857. The van der Waals surface area contributed by atoms with Gasteiger partial charge in [-0.1, -0.05) is 25.1 Å². The number of nitrogens with one attached hydrogen (secondary N) is 1. The van der Waals surface area contributed by atoms with Gasteiger partial charge in [0.25, 0.3) is 0 Å². The van der Waals surface area contributed by atoms with Gasteiger partial charge in [-0.05, 0) is 34.9 Å². The number of hydrogen-bond donors (Lipinski definition) is 1. The summed E-state index contributed by atoms with van der Waals surface area (Å²) in [6.45, 7) is 6.08. The zero-order valence-corrected chi connectivity index (χ0v) is 12.7. The Kier molecular flexibility index (Phi) is 3.90. The van der Waals surface area contributed by atoms with Crippen LogP contribution >= 0.6 is 11.3 Å². The van der Waals surface area contributed by atoms with Crippen molar-refractivity contribution in [1.82, 2.24) is 5.32 Å². The highest BCUT2D eigenvalue weighted by molar-refractivity contribution is 7.08. The maximum atomic E-state index is 5.92. The first-order chi connectivity index (χ1) is 9.79. The Morgan fingerprint density at radius 1 is 1.15 bits per heavy atom. The summed E-state index contributed by atoms with van der Waals surface area (Å²) in [6, 6.07) is 8.28. The molecule has 1 aromatic carbocycles. The number of rotatable bonds is 5. The van der Waals surface area contributed by atoms with Gasteiger partial charge >= 0.3 is 0 Å². The maximum Gasteiger partial charge on any atom is 0.134 e. The van der Waals surface area contributed by atoms with E-state index in [0.29, 0.717) is 0 Å². The van der Waals surface area contributed by atoms with Gasteiger partial charge in [0, 0.05) is 30.5 Å². The van der Waals surface area contributed by atoms with Crippen molar-refractivity contribution in [3.63, 3.8) is 0 Å². The monoisotopic (exact) mass is 285 g/mol. The van der Waals surface area contributed by atoms with E-state index >= 15 is 0 Å². The van der Waals surface area contributed by atoms with Gasteiger partial charge < -0.3 is 9.73 Å². The van der Waals surface area contributed by atoms with E-state index in [9.17, 15) is 0 Å². The number of hydrogen-bond acceptors (Lipinski definition) is 3. The summed E-state index contributed by atoms with van der Waals surface area (Å²) in [6.07, 6.45) is 0.934. The van der Waals surface area contributed by atoms with Crippen LogP contribution in [0.15, 0.2) is 39.4 Å². The highest BCUT2D eigenvalue weighted by Crippen LogP contribution is 2.26. The number of furan rings is 1. The molecule has 0 unspecified atom stereocenters. The van der Waals surface area contributed by atoms with Crippen molar-refractivity contribution in [2.45, 2.75) is 33.4 Å². The van der Waals surface area contributed by atoms with E-state index in [-0.39, 0.29) is 0 Å². The molecule has 3 aromatic rings. The molecule has 1 N–H and O–H groups in total. The third kappa shape index (κ3) is 2.51. The molecular formula is C17H19NOS. The summed E-state index contributed by atoms with van der Waals surface area (Å²) in [5, 5.41) is 9.19. The first-order valence-electron chi connectivity index (χ1n) is 7.01. The highest BCUT2D eigenvalue weighted by atomic mass is 32.1. The Hall–Kier alpha value is -1.58. The molecule has 0 atom stereocenters. The molecular weight excluding hydrogens is 266 g/mol. The molecule has 3 rings (SSSR count). The van der Waals surface area contributed by atoms with Gasteiger partial charge in [0.05, 0.1) is 0 Å². The van der Waals surface area contributed by atoms with E-state index in [2.05, 4.69) is 42.1 Å². The zero-order chi connectivity index (χ0) is 13.9. The van der Waals surface area contributed by atoms with Crippen LogP contribution in [0.4, 0.5) is 0 Å². The Balaban J connectivity index is 1.78. The van der Waals surface area contributed by atoms with Gasteiger partial charge in [-0.15, -0.1) is 0 Å². The maximum absolute atomic E-state index is 5.92. The van der Waals surface area contributed by atoms with Crippen molar-refractivity contribution in [3.8, 4) is 0 Å². The second kappa shape index (κ2) is 5.81. The van der Waals surface area contributed by atoms with E-state index in [1.54, 1.807) is 11.3 Å². The second-order valence-electron chi connectivity index (χ2n) is 5.04. The molecule has 0 aliphatic rings. The van der Waals surface area contributed by atoms with Crippen LogP contribution in [0.2, 0.25) is 0 Å². The van der Waals surface area contributed by atoms with E-state index in [1.807, 2.05) is 12.1 Å². The van der Waals surface area contributed by atoms with Crippen LogP contribution in [0.25, 0.3) is 11.0 Å². The topological polar surface area (TPSA) is 25.2 Å². The molecule has 0 aliphatic carbocycles. The normalized spacial score (nSPS) is 11.3. The molecule has 20 heavy (non-hydrogen) atoms. The molecule has 0 saturated heterocycles. The van der Waals surface area contributed by atoms with Crippen LogP contribution in [-0.4, -0.2) is 0 Å². The fourth-order valence-electron chi connectivity index (χ4n) is 2.52. The van der Waals surface area contributed by atoms with Crippen LogP contribution in [-0.2, 0) is 19.5 Å². The van der Waals surface area contributed by atoms with Gasteiger partial charge in [0.2, 0.25) is 0 Å². The molecule has 2 nitrogen and oxygen atoms in total. The smallest absolute Gasteiger partial charge is 0.134 e. The Labute approximate surface area is 123 Å². The summed E-state index contributed by atoms with van der Waals surface area (Å²) in [5.41, 5.74) is 5.06. The van der Waals surface area contributed by atoms with Crippen molar-refractivity contribution >= 4 is 22.3 Å². The van der Waals surface area contributed by atoms with Gasteiger partial charge in [-0.25, -0.2) is 0 Å². The van der Waals surface area contributed by atoms with Crippen LogP contribution < -0.4 is 5.32 Å². The third-order valence-corrected chi connectivity index (χ3v) is 4.59. The Morgan fingerprint density at radius 3 is 2.75 bits per heavy atom. The number of aryl methyl sites for hydroxylation is 2. The van der Waals surface area contributed by atoms with Crippen molar-refractivity contribution in [2.75, 3.05) is 0 Å². The fraction of sp³-hybridized carbons (Fsp3) is 0.294. The molecule has 0 bridgehead atoms. The molecule has 0 aliphatic heterocycles. The first-order valence-corrected chi connectivity index (χ1v) is 7.95. The molecule has 0 radical (unpaired) electrons. The van der Waals surface area contributed by atoms with E-state index in [0.717, 1.165) is 30.9 Å². The van der Waals surface area contributed by atoms with Crippen LogP contribution in [0.5, 0.6) is 0 Å². The second-order valence-corrected chi connectivity index (χ2v) is 5.78. The standard InChI is InChI=1S/C17H19NOS/c1-3-16-15(14-6-4-5-7-17(14)19-16)9-18-8-13-11-20-10-12(13)2/h4-7,10-11,18H,3,8-9H2,1-2H3. The van der Waals surface area contributed by atoms with Crippen molar-refractivity contribution < 1.29 is 4.42 Å². The van der Waals surface area contributed by atoms with Gasteiger partial charge in [-0.3, -0.25) is 0 Å². The fourth-order valence-corrected chi connectivity index (χ4v) is 3.38. The SMILES string of the molecule is CCc1oc2ccccc2c1CNCc1cscc1C. The van der Waals surface area contributed by atoms with Crippen LogP contribution in [0.1, 0.15) is 29.4 Å². The Morgan fingerprint density at radius 2 is 2.00 bits per heavy atom. The molecule has 2 aromatic heterocycles. The van der Waals surface area contributed by atoms with Crippen molar-refractivity contribution in [3.05, 3.63) is 57.5 Å². The quantitative estimate of drug-likeness (QED) is 0.738. The van der Waals surface area contributed by atoms with E-state index in [1.165, 1.54) is 22.1 Å². The minimum absolute atomic E-state index is 0.857. The van der Waals surface area contributed by atoms with Crippen molar-refractivity contribution in [2.24, 2.45) is 0 Å². The average Bonchev–Trinajstić information content (AvgIpc) is 3.03. The number of thiophene rings is 1. The van der Waals surface area contributed by atoms with Crippen LogP contribution in [0.3, 0.4) is 0 Å². The lowest BCUT2D eigenvalue weighted by atomic mass is 10.1. The molecule has 2 heterocycles. The lowest BCUT2D eigenvalue weighted by Gasteiger charge is -2.05. The summed E-state index contributed by atoms with van der Waals surface area (Å²) in [5.74, 6) is 1.10. The number of fused-ring (bicyclic) bond motifs is 1. The summed E-state index contributed by atoms with van der Waals surface area (Å²) in [7, 11) is 0. The molecule has 0 saturated carbocycles. The minimum Gasteiger partial charge on any atom is -0.461 e. The predicted octanol–water partition coefficient (Wildman–Crippen LogP) is 4.65. The average molecular weight is 285 g/mol. The largest absolute Gasteiger partial charge is 0.461 e. The molecule has 104 valence electrons. The van der Waals surface area contributed by atoms with Gasteiger partial charge in [0.15, 0.2) is 0 Å². The van der Waals surface area contributed by atoms with Gasteiger partial charge in [0.1, 0.15) is 11.3 Å². The van der Waals surface area contributed by atoms with Crippen LogP contribution in [0, 0.1) is 6.92 Å².